The Morgan fingerprint density at radius 1 is 1.09 bits per heavy atom. The van der Waals surface area contributed by atoms with Gasteiger partial charge >= 0.3 is 6.03 Å². The number of amides is 3. The molecule has 2 aromatic rings. The summed E-state index contributed by atoms with van der Waals surface area (Å²) in [6.07, 6.45) is 0. The van der Waals surface area contributed by atoms with Crippen LogP contribution in [-0.4, -0.2) is 31.6 Å². The summed E-state index contributed by atoms with van der Waals surface area (Å²) in [6.45, 7) is 2.59. The number of hydrogen-bond acceptors (Lipinski definition) is 4. The van der Waals surface area contributed by atoms with Crippen LogP contribution in [-0.2, 0) is 0 Å². The van der Waals surface area contributed by atoms with Crippen LogP contribution in [0.1, 0.15) is 9.67 Å². The molecule has 1 aromatic heterocycles. The molecule has 1 aliphatic heterocycles. The zero-order chi connectivity index (χ0) is 16.1. The molecule has 1 aromatic carbocycles. The lowest BCUT2D eigenvalue weighted by atomic mass is 10.0. The molecular formula is C16H18N4O2S. The molecular weight excluding hydrogens is 312 g/mol. The number of para-hydroxylation sites is 1. The topological polar surface area (TPSA) is 82.3 Å². The van der Waals surface area contributed by atoms with Crippen LogP contribution in [0.2, 0.25) is 0 Å². The maximum atomic E-state index is 12.0. The van der Waals surface area contributed by atoms with Crippen molar-refractivity contribution in [1.29, 1.82) is 0 Å². The minimum atomic E-state index is -0.328. The van der Waals surface area contributed by atoms with E-state index in [4.69, 9.17) is 0 Å². The van der Waals surface area contributed by atoms with Crippen molar-refractivity contribution in [1.82, 2.24) is 10.6 Å². The van der Waals surface area contributed by atoms with Crippen molar-refractivity contribution < 1.29 is 9.59 Å². The van der Waals surface area contributed by atoms with Gasteiger partial charge in [-0.2, -0.15) is 0 Å². The van der Waals surface area contributed by atoms with Crippen LogP contribution >= 0.6 is 11.3 Å². The van der Waals surface area contributed by atoms with Crippen molar-refractivity contribution >= 4 is 34.0 Å². The summed E-state index contributed by atoms with van der Waals surface area (Å²) in [5, 5.41) is 12.2. The average Bonchev–Trinajstić information content (AvgIpc) is 2.95. The monoisotopic (exact) mass is 330 g/mol. The van der Waals surface area contributed by atoms with E-state index in [0.717, 1.165) is 13.1 Å². The Morgan fingerprint density at radius 3 is 2.57 bits per heavy atom. The summed E-state index contributed by atoms with van der Waals surface area (Å²) in [5.41, 5.74) is 0.716. The highest BCUT2D eigenvalue weighted by Gasteiger charge is 2.18. The van der Waals surface area contributed by atoms with Gasteiger partial charge in [-0.05, 0) is 24.3 Å². The van der Waals surface area contributed by atoms with E-state index in [1.165, 1.54) is 11.3 Å². The Balaban J connectivity index is 1.50. The van der Waals surface area contributed by atoms with Gasteiger partial charge in [0, 0.05) is 31.2 Å². The highest BCUT2D eigenvalue weighted by Crippen LogP contribution is 2.22. The normalized spacial score (nSPS) is 13.9. The standard InChI is InChI=1S/C16H18N4O2S/c21-15(18-10-11-8-17-9-11)13-6-7-14(23-13)20-16(22)19-12-4-2-1-3-5-12/h1-7,11,17H,8-10H2,(H,18,21)(H2,19,20,22). The first-order chi connectivity index (χ1) is 11.2. The second kappa shape index (κ2) is 7.26. The fourth-order valence-corrected chi connectivity index (χ4v) is 2.96. The van der Waals surface area contributed by atoms with E-state index < -0.39 is 0 Å². The number of nitrogens with one attached hydrogen (secondary N) is 4. The number of rotatable bonds is 5. The van der Waals surface area contributed by atoms with Crippen LogP contribution in [0.4, 0.5) is 15.5 Å². The minimum Gasteiger partial charge on any atom is -0.351 e. The van der Waals surface area contributed by atoms with Crippen LogP contribution in [0, 0.1) is 5.92 Å². The van der Waals surface area contributed by atoms with E-state index in [-0.39, 0.29) is 11.9 Å². The van der Waals surface area contributed by atoms with Gasteiger partial charge < -0.3 is 16.0 Å². The molecule has 0 aliphatic carbocycles. The summed E-state index contributed by atoms with van der Waals surface area (Å²) in [5.74, 6) is 0.423. The molecule has 7 heteroatoms. The maximum Gasteiger partial charge on any atom is 0.324 e. The molecule has 0 spiro atoms. The number of urea groups is 1. The molecule has 4 N–H and O–H groups in total. The van der Waals surface area contributed by atoms with Crippen molar-refractivity contribution in [3.05, 3.63) is 47.3 Å². The highest BCUT2D eigenvalue weighted by molar-refractivity contribution is 7.18. The minimum absolute atomic E-state index is 0.0987. The van der Waals surface area contributed by atoms with Gasteiger partial charge in [0.15, 0.2) is 0 Å². The quantitative estimate of drug-likeness (QED) is 0.679. The van der Waals surface area contributed by atoms with E-state index in [0.29, 0.717) is 28.0 Å². The molecule has 1 saturated heterocycles. The molecule has 0 unspecified atom stereocenters. The van der Waals surface area contributed by atoms with Gasteiger partial charge in [-0.3, -0.25) is 10.1 Å². The molecule has 6 nitrogen and oxygen atoms in total. The van der Waals surface area contributed by atoms with Gasteiger partial charge in [0.05, 0.1) is 9.88 Å². The van der Waals surface area contributed by atoms with Crippen molar-refractivity contribution in [3.8, 4) is 0 Å². The van der Waals surface area contributed by atoms with E-state index in [9.17, 15) is 9.59 Å². The molecule has 0 atom stereocenters. The van der Waals surface area contributed by atoms with Gasteiger partial charge in [-0.1, -0.05) is 18.2 Å². The zero-order valence-corrected chi connectivity index (χ0v) is 13.3. The second-order valence-corrected chi connectivity index (χ2v) is 6.43. The third-order valence-electron chi connectivity index (χ3n) is 3.52. The van der Waals surface area contributed by atoms with Gasteiger partial charge in [0.2, 0.25) is 0 Å². The lowest BCUT2D eigenvalue weighted by molar-refractivity contribution is 0.0946. The third-order valence-corrected chi connectivity index (χ3v) is 4.51. The van der Waals surface area contributed by atoms with E-state index in [2.05, 4.69) is 21.3 Å². The third kappa shape index (κ3) is 4.30. The van der Waals surface area contributed by atoms with Crippen LogP contribution in [0.3, 0.4) is 0 Å². The molecule has 2 heterocycles. The number of carbonyl (C=O) groups is 2. The number of hydrogen-bond donors (Lipinski definition) is 4. The molecule has 1 fully saturated rings. The Morgan fingerprint density at radius 2 is 1.87 bits per heavy atom. The van der Waals surface area contributed by atoms with Gasteiger partial charge in [-0.25, -0.2) is 4.79 Å². The van der Waals surface area contributed by atoms with Gasteiger partial charge in [0.25, 0.3) is 5.91 Å². The zero-order valence-electron chi connectivity index (χ0n) is 12.5. The fraction of sp³-hybridized carbons (Fsp3) is 0.250. The number of benzene rings is 1. The van der Waals surface area contributed by atoms with Crippen molar-refractivity contribution in [2.45, 2.75) is 0 Å². The molecule has 23 heavy (non-hydrogen) atoms. The first-order valence-corrected chi connectivity index (χ1v) is 8.24. The molecule has 120 valence electrons. The fourth-order valence-electron chi connectivity index (χ4n) is 2.14. The second-order valence-electron chi connectivity index (χ2n) is 5.34. The Hall–Kier alpha value is -2.38. The Bertz CT molecular complexity index is 682. The number of carbonyl (C=O) groups excluding carboxylic acids is 2. The van der Waals surface area contributed by atoms with E-state index >= 15 is 0 Å². The Kier molecular flexibility index (Phi) is 4.89. The molecule has 0 radical (unpaired) electrons. The highest BCUT2D eigenvalue weighted by atomic mass is 32.1. The molecule has 3 amide bonds. The molecule has 0 saturated carbocycles. The molecule has 3 rings (SSSR count). The van der Waals surface area contributed by atoms with E-state index in [1.54, 1.807) is 12.1 Å². The van der Waals surface area contributed by atoms with Crippen LogP contribution in [0.15, 0.2) is 42.5 Å². The summed E-state index contributed by atoms with van der Waals surface area (Å²) >= 11 is 1.26. The summed E-state index contributed by atoms with van der Waals surface area (Å²) in [6, 6.07) is 12.3. The first kappa shape index (κ1) is 15.5. The van der Waals surface area contributed by atoms with Crippen molar-refractivity contribution in [2.75, 3.05) is 30.3 Å². The van der Waals surface area contributed by atoms with Crippen LogP contribution in [0.25, 0.3) is 0 Å². The predicted molar refractivity (Wildman–Crippen MR) is 92.1 cm³/mol. The lowest BCUT2D eigenvalue weighted by Crippen LogP contribution is -2.48. The SMILES string of the molecule is O=C(Nc1ccccc1)Nc1ccc(C(=O)NCC2CNC2)s1. The van der Waals surface area contributed by atoms with Gasteiger partial charge in [-0.15, -0.1) is 11.3 Å². The number of anilines is 2. The van der Waals surface area contributed by atoms with Crippen LogP contribution < -0.4 is 21.3 Å². The first-order valence-electron chi connectivity index (χ1n) is 7.42. The molecule has 0 bridgehead atoms. The van der Waals surface area contributed by atoms with Crippen molar-refractivity contribution in [3.63, 3.8) is 0 Å². The average molecular weight is 330 g/mol. The smallest absolute Gasteiger partial charge is 0.324 e. The summed E-state index contributed by atoms with van der Waals surface area (Å²) in [7, 11) is 0. The lowest BCUT2D eigenvalue weighted by Gasteiger charge is -2.26. The predicted octanol–water partition coefficient (Wildman–Crippen LogP) is 2.34. The number of thiophene rings is 1. The summed E-state index contributed by atoms with van der Waals surface area (Å²) in [4.78, 5) is 24.5. The van der Waals surface area contributed by atoms with Crippen LogP contribution in [0.5, 0.6) is 0 Å². The Labute approximate surface area is 138 Å². The maximum absolute atomic E-state index is 12.0. The van der Waals surface area contributed by atoms with E-state index in [1.807, 2.05) is 30.3 Å². The van der Waals surface area contributed by atoms with Crippen molar-refractivity contribution in [2.24, 2.45) is 5.92 Å². The van der Waals surface area contributed by atoms with Gasteiger partial charge in [0.1, 0.15) is 0 Å². The molecule has 1 aliphatic rings. The summed E-state index contributed by atoms with van der Waals surface area (Å²) < 4.78 is 0. The largest absolute Gasteiger partial charge is 0.351 e.